The molecular formula is C40H50F2N2O12S. The second-order valence-corrected chi connectivity index (χ2v) is 15.8. The van der Waals surface area contributed by atoms with Crippen LogP contribution in [0.1, 0.15) is 94.4 Å². The van der Waals surface area contributed by atoms with E-state index in [9.17, 15) is 24.0 Å². The number of ether oxygens (including phenoxy) is 7. The van der Waals surface area contributed by atoms with Crippen molar-refractivity contribution in [1.29, 1.82) is 0 Å². The molecule has 1 N–H and O–H groups in total. The Morgan fingerprint density at radius 1 is 0.807 bits per heavy atom. The SMILES string of the molecule is CCOC(=O)CCC(=O)c1cc2c(F)c(OCCCOc3c(OC)cc4c(c3F)CN(C(=O)CCC(=O)OC(C)(C)CNC(=O)OC(C)(C)C)C4)c(OC)cc2s1. The largest absolute Gasteiger partial charge is 0.493 e. The van der Waals surface area contributed by atoms with Gasteiger partial charge in [-0.25, -0.2) is 13.6 Å². The normalized spacial score (nSPS) is 12.5. The van der Waals surface area contributed by atoms with Crippen molar-refractivity contribution in [3.05, 3.63) is 45.8 Å². The average molecular weight is 821 g/mol. The standard InChI is InChI=1S/C40H50F2N2O12S/c1-9-52-32(47)13-11-26(45)30-18-24-29(57-30)19-28(51-8)37(34(24)41)54-16-10-15-53-36-27(50-7)17-23-20-44(21-25(23)35(36)42)31(46)12-14-33(48)55-40(5,6)22-43-38(49)56-39(2,3)4/h17-19H,9-16,20-22H2,1-8H3,(H,43,49). The monoisotopic (exact) mass is 820 g/mol. The molecule has 57 heavy (non-hydrogen) atoms. The minimum Gasteiger partial charge on any atom is -0.493 e. The van der Waals surface area contributed by atoms with Crippen molar-refractivity contribution >= 4 is 51.1 Å². The summed E-state index contributed by atoms with van der Waals surface area (Å²) < 4.78 is 69.7. The van der Waals surface area contributed by atoms with Crippen LogP contribution in [-0.4, -0.2) is 86.4 Å². The predicted octanol–water partition coefficient (Wildman–Crippen LogP) is 7.04. The number of nitrogens with zero attached hydrogens (tertiary/aromatic N) is 1. The van der Waals surface area contributed by atoms with Gasteiger partial charge in [-0.1, -0.05) is 0 Å². The second kappa shape index (κ2) is 19.3. The van der Waals surface area contributed by atoms with Crippen LogP contribution in [0.5, 0.6) is 23.0 Å². The molecule has 1 aliphatic rings. The maximum atomic E-state index is 15.8. The number of alkyl carbamates (subject to hydrolysis) is 1. The number of hydrogen-bond acceptors (Lipinski definition) is 13. The van der Waals surface area contributed by atoms with E-state index in [1.54, 1.807) is 53.7 Å². The van der Waals surface area contributed by atoms with Gasteiger partial charge >= 0.3 is 18.0 Å². The van der Waals surface area contributed by atoms with E-state index in [-0.39, 0.29) is 122 Å². The summed E-state index contributed by atoms with van der Waals surface area (Å²) in [6, 6.07) is 4.58. The van der Waals surface area contributed by atoms with Crippen molar-refractivity contribution in [2.45, 2.75) is 97.9 Å². The second-order valence-electron chi connectivity index (χ2n) is 14.7. The molecule has 0 fully saturated rings. The van der Waals surface area contributed by atoms with Crippen LogP contribution in [-0.2, 0) is 41.7 Å². The van der Waals surface area contributed by atoms with Crippen molar-refractivity contribution < 1.29 is 65.9 Å². The number of ketones is 1. The van der Waals surface area contributed by atoms with Crippen LogP contribution < -0.4 is 24.3 Å². The highest BCUT2D eigenvalue weighted by molar-refractivity contribution is 7.20. The van der Waals surface area contributed by atoms with Gasteiger partial charge in [-0.05, 0) is 59.2 Å². The maximum Gasteiger partial charge on any atom is 0.407 e. The number of rotatable bonds is 19. The number of hydrogen-bond donors (Lipinski definition) is 1. The number of nitrogens with one attached hydrogen (secondary N) is 1. The summed E-state index contributed by atoms with van der Waals surface area (Å²) >= 11 is 1.08. The third-order valence-electron chi connectivity index (χ3n) is 8.47. The van der Waals surface area contributed by atoms with E-state index in [0.29, 0.717) is 10.3 Å². The maximum absolute atomic E-state index is 15.8. The van der Waals surface area contributed by atoms with Crippen LogP contribution in [0, 0.1) is 11.6 Å². The van der Waals surface area contributed by atoms with E-state index in [2.05, 4.69) is 5.32 Å². The molecule has 2 amide bonds. The van der Waals surface area contributed by atoms with Gasteiger partial charge in [0.25, 0.3) is 0 Å². The number of amides is 2. The molecular weight excluding hydrogens is 771 g/mol. The quantitative estimate of drug-likeness (QED) is 0.0569. The number of carbonyl (C=O) groups is 5. The zero-order valence-electron chi connectivity index (χ0n) is 33.5. The first-order valence-electron chi connectivity index (χ1n) is 18.5. The number of esters is 2. The molecule has 2 heterocycles. The molecule has 4 rings (SSSR count). The Kier molecular flexibility index (Phi) is 15.1. The fraction of sp³-hybridized carbons (Fsp3) is 0.525. The van der Waals surface area contributed by atoms with Crippen LogP contribution in [0.3, 0.4) is 0 Å². The molecule has 0 bridgehead atoms. The van der Waals surface area contributed by atoms with Crippen molar-refractivity contribution in [2.24, 2.45) is 0 Å². The van der Waals surface area contributed by atoms with Gasteiger partial charge in [0.15, 0.2) is 40.4 Å². The minimum absolute atomic E-state index is 0.00580. The first kappa shape index (κ1) is 44.5. The lowest BCUT2D eigenvalue weighted by molar-refractivity contribution is -0.157. The Bertz CT molecular complexity index is 1970. The fourth-order valence-corrected chi connectivity index (χ4v) is 6.84. The summed E-state index contributed by atoms with van der Waals surface area (Å²) in [4.78, 5) is 63.7. The van der Waals surface area contributed by atoms with Crippen LogP contribution in [0.15, 0.2) is 18.2 Å². The molecule has 0 radical (unpaired) electrons. The van der Waals surface area contributed by atoms with E-state index in [1.807, 2.05) is 0 Å². The highest BCUT2D eigenvalue weighted by Crippen LogP contribution is 2.41. The number of Topliss-reactive ketones (excluding diaryl/α,β-unsaturated/α-hetero) is 1. The van der Waals surface area contributed by atoms with Crippen molar-refractivity contribution in [1.82, 2.24) is 10.2 Å². The number of thiophene rings is 1. The topological polar surface area (TPSA) is 165 Å². The zero-order chi connectivity index (χ0) is 42.1. The summed E-state index contributed by atoms with van der Waals surface area (Å²) in [6.07, 6.45) is -0.999. The van der Waals surface area contributed by atoms with Crippen LogP contribution in [0.4, 0.5) is 13.6 Å². The third kappa shape index (κ3) is 12.2. The number of methoxy groups -OCH3 is 2. The molecule has 0 saturated carbocycles. The molecule has 1 aliphatic heterocycles. The molecule has 0 aliphatic carbocycles. The summed E-state index contributed by atoms with van der Waals surface area (Å²) in [6.45, 7) is 10.3. The first-order chi connectivity index (χ1) is 26.9. The van der Waals surface area contributed by atoms with E-state index in [1.165, 1.54) is 25.2 Å². The molecule has 2 aromatic carbocycles. The average Bonchev–Trinajstić information content (AvgIpc) is 3.78. The fourth-order valence-electron chi connectivity index (χ4n) is 5.79. The Morgan fingerprint density at radius 3 is 2.07 bits per heavy atom. The smallest absolute Gasteiger partial charge is 0.407 e. The molecule has 0 unspecified atom stereocenters. The van der Waals surface area contributed by atoms with Crippen molar-refractivity contribution in [2.75, 3.05) is 40.6 Å². The molecule has 0 saturated heterocycles. The summed E-state index contributed by atoms with van der Waals surface area (Å²) in [5.74, 6) is -3.31. The zero-order valence-corrected chi connectivity index (χ0v) is 34.3. The molecule has 17 heteroatoms. The molecule has 312 valence electrons. The van der Waals surface area contributed by atoms with Crippen molar-refractivity contribution in [3.63, 3.8) is 0 Å². The Balaban J connectivity index is 1.29. The lowest BCUT2D eigenvalue weighted by Gasteiger charge is -2.27. The molecule has 3 aromatic rings. The molecule has 0 atom stereocenters. The van der Waals surface area contributed by atoms with E-state index >= 15 is 8.78 Å². The van der Waals surface area contributed by atoms with E-state index < -0.39 is 40.9 Å². The summed E-state index contributed by atoms with van der Waals surface area (Å²) in [7, 11) is 2.72. The van der Waals surface area contributed by atoms with Gasteiger partial charge < -0.3 is 43.4 Å². The molecule has 1 aromatic heterocycles. The number of fused-ring (bicyclic) bond motifs is 2. The Morgan fingerprint density at radius 2 is 1.44 bits per heavy atom. The highest BCUT2D eigenvalue weighted by Gasteiger charge is 2.31. The van der Waals surface area contributed by atoms with Crippen LogP contribution >= 0.6 is 11.3 Å². The minimum atomic E-state index is -1.06. The van der Waals surface area contributed by atoms with Crippen LogP contribution in [0.2, 0.25) is 0 Å². The Labute approximate surface area is 334 Å². The van der Waals surface area contributed by atoms with Gasteiger partial charge in [-0.2, -0.15) is 0 Å². The number of carbonyl (C=O) groups excluding carboxylic acids is 5. The third-order valence-corrected chi connectivity index (χ3v) is 9.60. The van der Waals surface area contributed by atoms with Gasteiger partial charge in [0.2, 0.25) is 5.91 Å². The predicted molar refractivity (Wildman–Crippen MR) is 205 cm³/mol. The lowest BCUT2D eigenvalue weighted by Crippen LogP contribution is -2.43. The number of benzene rings is 2. The van der Waals surface area contributed by atoms with Crippen molar-refractivity contribution in [3.8, 4) is 23.0 Å². The molecule has 0 spiro atoms. The van der Waals surface area contributed by atoms with E-state index in [0.717, 1.165) is 11.3 Å². The number of halogens is 2. The first-order valence-corrected chi connectivity index (χ1v) is 19.3. The van der Waals surface area contributed by atoms with Crippen LogP contribution in [0.25, 0.3) is 10.1 Å². The molecule has 14 nitrogen and oxygen atoms in total. The van der Waals surface area contributed by atoms with Gasteiger partial charge in [0.1, 0.15) is 11.2 Å². The van der Waals surface area contributed by atoms with Gasteiger partial charge in [0, 0.05) is 54.1 Å². The summed E-state index contributed by atoms with van der Waals surface area (Å²) in [5.41, 5.74) is -0.970. The van der Waals surface area contributed by atoms with E-state index in [4.69, 9.17) is 33.2 Å². The van der Waals surface area contributed by atoms with Gasteiger partial charge in [-0.3, -0.25) is 19.2 Å². The highest BCUT2D eigenvalue weighted by atomic mass is 32.1. The summed E-state index contributed by atoms with van der Waals surface area (Å²) in [5, 5.41) is 2.72. The lowest BCUT2D eigenvalue weighted by atomic mass is 10.1. The Hall–Kier alpha value is -5.19. The van der Waals surface area contributed by atoms with Gasteiger partial charge in [-0.15, -0.1) is 11.3 Å². The van der Waals surface area contributed by atoms with Gasteiger partial charge in [0.05, 0.1) is 58.3 Å².